The predicted octanol–water partition coefficient (Wildman–Crippen LogP) is 3.66. The van der Waals surface area contributed by atoms with Crippen LogP contribution in [-0.4, -0.2) is 27.4 Å². The summed E-state index contributed by atoms with van der Waals surface area (Å²) in [6.07, 6.45) is 9.59. The summed E-state index contributed by atoms with van der Waals surface area (Å²) in [5, 5.41) is 28.6. The van der Waals surface area contributed by atoms with Gasteiger partial charge in [0.05, 0.1) is 12.2 Å². The second-order valence-corrected chi connectivity index (χ2v) is 5.44. The largest absolute Gasteiger partial charge is 0.481 e. The molecule has 2 unspecified atom stereocenters. The van der Waals surface area contributed by atoms with E-state index in [2.05, 4.69) is 0 Å². The van der Waals surface area contributed by atoms with E-state index in [0.29, 0.717) is 23.4 Å². The zero-order valence-corrected chi connectivity index (χ0v) is 13.4. The Morgan fingerprint density at radius 2 is 1.83 bits per heavy atom. The normalized spacial score (nSPS) is 14.7. The third-order valence-electron chi connectivity index (χ3n) is 3.04. The van der Waals surface area contributed by atoms with Crippen LogP contribution in [0.2, 0.25) is 5.02 Å². The Bertz CT molecular complexity index is 578. The molecule has 5 heteroatoms. The Morgan fingerprint density at radius 1 is 1.13 bits per heavy atom. The SMILES string of the molecule is O=C(O)CCCC(O)C=CC=CC=CC(O)c1cccc(Cl)c1. The molecule has 4 nitrogen and oxygen atoms in total. The van der Waals surface area contributed by atoms with Gasteiger partial charge in [-0.2, -0.15) is 0 Å². The number of hydrogen-bond donors (Lipinski definition) is 3. The fraction of sp³-hybridized carbons (Fsp3) is 0.278. The van der Waals surface area contributed by atoms with Crippen molar-refractivity contribution >= 4 is 17.6 Å². The van der Waals surface area contributed by atoms with E-state index in [0.717, 1.165) is 0 Å². The van der Waals surface area contributed by atoms with Crippen molar-refractivity contribution in [2.45, 2.75) is 31.5 Å². The van der Waals surface area contributed by atoms with E-state index in [9.17, 15) is 15.0 Å². The number of rotatable bonds is 9. The van der Waals surface area contributed by atoms with Gasteiger partial charge in [0.15, 0.2) is 0 Å². The maximum absolute atomic E-state index is 10.3. The Labute approximate surface area is 141 Å². The Hall–Kier alpha value is -1.88. The van der Waals surface area contributed by atoms with E-state index in [1.54, 1.807) is 60.7 Å². The van der Waals surface area contributed by atoms with E-state index in [1.165, 1.54) is 0 Å². The second kappa shape index (κ2) is 10.8. The molecule has 0 aliphatic carbocycles. The number of allylic oxidation sites excluding steroid dienone is 4. The van der Waals surface area contributed by atoms with Gasteiger partial charge in [0.1, 0.15) is 0 Å². The van der Waals surface area contributed by atoms with Gasteiger partial charge in [-0.25, -0.2) is 0 Å². The number of aliphatic hydroxyl groups is 2. The molecule has 0 aromatic heterocycles. The molecule has 0 bridgehead atoms. The number of carbonyl (C=O) groups is 1. The third kappa shape index (κ3) is 8.98. The average molecular weight is 337 g/mol. The first-order valence-corrected chi connectivity index (χ1v) is 7.72. The molecular weight excluding hydrogens is 316 g/mol. The number of carboxylic acids is 1. The predicted molar refractivity (Wildman–Crippen MR) is 91.3 cm³/mol. The number of aliphatic hydroxyl groups excluding tert-OH is 2. The van der Waals surface area contributed by atoms with E-state index in [-0.39, 0.29) is 6.42 Å². The lowest BCUT2D eigenvalue weighted by atomic mass is 10.1. The minimum absolute atomic E-state index is 0.0604. The molecular formula is C18H21ClO4. The van der Waals surface area contributed by atoms with E-state index < -0.39 is 18.2 Å². The standard InChI is InChI=1S/C18H21ClO4/c19-15-8-5-7-14(13-15)17(21)11-4-2-1-3-9-16(20)10-6-12-18(22)23/h1-5,7-9,11,13,16-17,20-21H,6,10,12H2,(H,22,23). The van der Waals surface area contributed by atoms with Crippen molar-refractivity contribution in [1.82, 2.24) is 0 Å². The van der Waals surface area contributed by atoms with Crippen molar-refractivity contribution < 1.29 is 20.1 Å². The van der Waals surface area contributed by atoms with Crippen molar-refractivity contribution in [1.29, 1.82) is 0 Å². The van der Waals surface area contributed by atoms with Gasteiger partial charge < -0.3 is 15.3 Å². The first-order valence-electron chi connectivity index (χ1n) is 7.34. The number of benzene rings is 1. The molecule has 0 amide bonds. The van der Waals surface area contributed by atoms with Crippen LogP contribution in [0.4, 0.5) is 0 Å². The lowest BCUT2D eigenvalue weighted by Crippen LogP contribution is -2.03. The summed E-state index contributed by atoms with van der Waals surface area (Å²) < 4.78 is 0. The van der Waals surface area contributed by atoms with Gasteiger partial charge in [0.2, 0.25) is 0 Å². The number of halogens is 1. The molecule has 0 aliphatic rings. The molecule has 0 aliphatic heterocycles. The highest BCUT2D eigenvalue weighted by molar-refractivity contribution is 6.30. The zero-order chi connectivity index (χ0) is 17.1. The minimum Gasteiger partial charge on any atom is -0.481 e. The van der Waals surface area contributed by atoms with Crippen molar-refractivity contribution in [2.75, 3.05) is 0 Å². The number of carboxylic acid groups (broad SMARTS) is 1. The molecule has 23 heavy (non-hydrogen) atoms. The van der Waals surface area contributed by atoms with Gasteiger partial charge in [-0.05, 0) is 30.5 Å². The van der Waals surface area contributed by atoms with E-state index in [1.807, 2.05) is 0 Å². The van der Waals surface area contributed by atoms with Gasteiger partial charge in [0.25, 0.3) is 0 Å². The topological polar surface area (TPSA) is 77.8 Å². The van der Waals surface area contributed by atoms with E-state index in [4.69, 9.17) is 16.7 Å². The maximum atomic E-state index is 10.3. The van der Waals surface area contributed by atoms with Crippen LogP contribution in [0, 0.1) is 0 Å². The Kier molecular flexibility index (Phi) is 8.98. The molecule has 0 heterocycles. The molecule has 1 aromatic rings. The maximum Gasteiger partial charge on any atom is 0.303 e. The summed E-state index contributed by atoms with van der Waals surface area (Å²) in [6, 6.07) is 7.01. The van der Waals surface area contributed by atoms with E-state index >= 15 is 0 Å². The summed E-state index contributed by atoms with van der Waals surface area (Å²) >= 11 is 5.86. The zero-order valence-electron chi connectivity index (χ0n) is 12.7. The fourth-order valence-corrected chi connectivity index (χ4v) is 2.05. The molecule has 0 spiro atoms. The molecule has 0 fully saturated rings. The summed E-state index contributed by atoms with van der Waals surface area (Å²) in [7, 11) is 0. The summed E-state index contributed by atoms with van der Waals surface area (Å²) in [6.45, 7) is 0. The van der Waals surface area contributed by atoms with Gasteiger partial charge in [-0.1, -0.05) is 60.2 Å². The van der Waals surface area contributed by atoms with Crippen LogP contribution >= 0.6 is 11.6 Å². The van der Waals surface area contributed by atoms with Crippen LogP contribution in [-0.2, 0) is 4.79 Å². The first-order chi connectivity index (χ1) is 11.0. The fourth-order valence-electron chi connectivity index (χ4n) is 1.85. The van der Waals surface area contributed by atoms with Gasteiger partial charge >= 0.3 is 5.97 Å². The quantitative estimate of drug-likeness (QED) is 0.601. The van der Waals surface area contributed by atoms with Crippen molar-refractivity contribution in [3.8, 4) is 0 Å². The molecule has 1 aromatic carbocycles. The van der Waals surface area contributed by atoms with Crippen molar-refractivity contribution in [3.05, 3.63) is 71.3 Å². The van der Waals surface area contributed by atoms with Gasteiger partial charge in [-0.15, -0.1) is 0 Å². The monoisotopic (exact) mass is 336 g/mol. The van der Waals surface area contributed by atoms with Gasteiger partial charge in [0, 0.05) is 11.4 Å². The summed E-state index contributed by atoms with van der Waals surface area (Å²) in [4.78, 5) is 10.3. The van der Waals surface area contributed by atoms with Gasteiger partial charge in [-0.3, -0.25) is 4.79 Å². The Balaban J connectivity index is 2.34. The summed E-state index contributed by atoms with van der Waals surface area (Å²) in [5.74, 6) is -0.857. The molecule has 1 rings (SSSR count). The number of aliphatic carboxylic acids is 1. The molecule has 2 atom stereocenters. The smallest absolute Gasteiger partial charge is 0.303 e. The highest BCUT2D eigenvalue weighted by atomic mass is 35.5. The molecule has 3 N–H and O–H groups in total. The molecule has 124 valence electrons. The van der Waals surface area contributed by atoms with Crippen LogP contribution in [0.15, 0.2) is 60.7 Å². The number of hydrogen-bond acceptors (Lipinski definition) is 3. The highest BCUT2D eigenvalue weighted by Gasteiger charge is 2.02. The van der Waals surface area contributed by atoms with Crippen LogP contribution in [0.3, 0.4) is 0 Å². The third-order valence-corrected chi connectivity index (χ3v) is 3.28. The van der Waals surface area contributed by atoms with Crippen LogP contribution in [0.5, 0.6) is 0 Å². The second-order valence-electron chi connectivity index (χ2n) is 5.01. The highest BCUT2D eigenvalue weighted by Crippen LogP contribution is 2.18. The lowest BCUT2D eigenvalue weighted by Gasteiger charge is -2.05. The molecule has 0 saturated heterocycles. The molecule has 0 saturated carbocycles. The van der Waals surface area contributed by atoms with Crippen molar-refractivity contribution in [3.63, 3.8) is 0 Å². The molecule has 0 radical (unpaired) electrons. The van der Waals surface area contributed by atoms with Crippen LogP contribution in [0.1, 0.15) is 30.9 Å². The minimum atomic E-state index is -0.857. The van der Waals surface area contributed by atoms with Crippen LogP contribution < -0.4 is 0 Å². The summed E-state index contributed by atoms with van der Waals surface area (Å²) in [5.41, 5.74) is 0.714. The average Bonchev–Trinajstić information content (AvgIpc) is 2.50. The first kappa shape index (κ1) is 19.2. The lowest BCUT2D eigenvalue weighted by molar-refractivity contribution is -0.137. The Morgan fingerprint density at radius 3 is 2.48 bits per heavy atom. The van der Waals surface area contributed by atoms with Crippen LogP contribution in [0.25, 0.3) is 0 Å². The van der Waals surface area contributed by atoms with Crippen molar-refractivity contribution in [2.24, 2.45) is 0 Å².